The van der Waals surface area contributed by atoms with Crippen molar-refractivity contribution in [1.29, 1.82) is 0 Å². The van der Waals surface area contributed by atoms with Gasteiger partial charge in [0, 0.05) is 26.9 Å². The van der Waals surface area contributed by atoms with Gasteiger partial charge in [-0.3, -0.25) is 4.79 Å². The molecule has 0 unspecified atom stereocenters. The molecule has 1 aliphatic carbocycles. The number of amides is 1. The summed E-state index contributed by atoms with van der Waals surface area (Å²) in [4.78, 5) is 13.3. The zero-order chi connectivity index (χ0) is 22.2. The highest BCUT2D eigenvalue weighted by atomic mass is 35.5. The molecule has 0 saturated carbocycles. The number of hydrogen-bond donors (Lipinski definition) is 1. The summed E-state index contributed by atoms with van der Waals surface area (Å²) in [5.41, 5.74) is 5.64. The van der Waals surface area contributed by atoms with E-state index in [2.05, 4.69) is 5.32 Å². The number of fused-ring (bicyclic) bond motifs is 3. The molecule has 7 heteroatoms. The number of aromatic nitrogens is 2. The van der Waals surface area contributed by atoms with E-state index in [0.29, 0.717) is 38.6 Å². The van der Waals surface area contributed by atoms with Crippen LogP contribution in [0.1, 0.15) is 28.0 Å². The maximum Gasteiger partial charge on any atom is 0.276 e. The molecule has 4 nitrogen and oxygen atoms in total. The molecule has 160 valence electrons. The second kappa shape index (κ2) is 8.62. The maximum atomic E-state index is 13.3. The minimum Gasteiger partial charge on any atom is -0.321 e. The van der Waals surface area contributed by atoms with Crippen LogP contribution in [-0.4, -0.2) is 15.7 Å². The van der Waals surface area contributed by atoms with Crippen LogP contribution in [0.2, 0.25) is 15.1 Å². The Balaban J connectivity index is 1.72. The molecular weight excluding hydrogens is 465 g/mol. The van der Waals surface area contributed by atoms with Gasteiger partial charge >= 0.3 is 0 Å². The molecule has 32 heavy (non-hydrogen) atoms. The minimum atomic E-state index is -0.256. The number of benzene rings is 3. The van der Waals surface area contributed by atoms with Crippen LogP contribution >= 0.6 is 34.8 Å². The highest BCUT2D eigenvalue weighted by molar-refractivity contribution is 6.35. The summed E-state index contributed by atoms with van der Waals surface area (Å²) in [6.07, 6.45) is 2.45. The van der Waals surface area contributed by atoms with E-state index in [1.165, 1.54) is 0 Å². The number of anilines is 1. The Bertz CT molecular complexity index is 1330. The van der Waals surface area contributed by atoms with Crippen molar-refractivity contribution >= 4 is 46.4 Å². The first-order chi connectivity index (χ1) is 15.5. The zero-order valence-electron chi connectivity index (χ0n) is 16.9. The molecule has 1 heterocycles. The highest BCUT2D eigenvalue weighted by Gasteiger charge is 2.28. The van der Waals surface area contributed by atoms with Crippen LogP contribution < -0.4 is 5.32 Å². The van der Waals surface area contributed by atoms with E-state index in [4.69, 9.17) is 39.9 Å². The van der Waals surface area contributed by atoms with Gasteiger partial charge in [0.1, 0.15) is 0 Å². The van der Waals surface area contributed by atoms with E-state index >= 15 is 0 Å². The minimum absolute atomic E-state index is 0.256. The zero-order valence-corrected chi connectivity index (χ0v) is 19.2. The van der Waals surface area contributed by atoms with Gasteiger partial charge < -0.3 is 5.32 Å². The van der Waals surface area contributed by atoms with Gasteiger partial charge in [0.2, 0.25) is 0 Å². The molecule has 0 radical (unpaired) electrons. The lowest BCUT2D eigenvalue weighted by molar-refractivity contribution is 0.102. The summed E-state index contributed by atoms with van der Waals surface area (Å²) in [5.74, 6) is -0.256. The first-order valence-electron chi connectivity index (χ1n) is 10.2. The van der Waals surface area contributed by atoms with E-state index in [0.717, 1.165) is 35.2 Å². The number of nitrogens with one attached hydrogen (secondary N) is 1. The Morgan fingerprint density at radius 1 is 0.906 bits per heavy atom. The van der Waals surface area contributed by atoms with Crippen LogP contribution in [-0.2, 0) is 12.8 Å². The average molecular weight is 483 g/mol. The van der Waals surface area contributed by atoms with Gasteiger partial charge in [-0.25, -0.2) is 4.68 Å². The predicted octanol–water partition coefficient (Wildman–Crippen LogP) is 7.24. The molecule has 0 saturated heterocycles. The second-order valence-corrected chi connectivity index (χ2v) is 8.94. The number of carbonyl (C=O) groups is 1. The fourth-order valence-corrected chi connectivity index (χ4v) is 4.82. The summed E-state index contributed by atoms with van der Waals surface area (Å²) in [6, 6.07) is 20.4. The number of halogens is 3. The van der Waals surface area contributed by atoms with Gasteiger partial charge in [0.15, 0.2) is 5.69 Å². The van der Waals surface area contributed by atoms with E-state index < -0.39 is 0 Å². The molecule has 0 aliphatic heterocycles. The van der Waals surface area contributed by atoms with Crippen molar-refractivity contribution in [1.82, 2.24) is 9.78 Å². The van der Waals surface area contributed by atoms with Gasteiger partial charge in [0.05, 0.1) is 16.4 Å². The quantitative estimate of drug-likeness (QED) is 0.334. The van der Waals surface area contributed by atoms with Gasteiger partial charge in [-0.15, -0.1) is 0 Å². The van der Waals surface area contributed by atoms with Crippen molar-refractivity contribution < 1.29 is 4.79 Å². The van der Waals surface area contributed by atoms with E-state index in [9.17, 15) is 4.79 Å². The Kier molecular flexibility index (Phi) is 5.68. The molecule has 5 rings (SSSR count). The molecule has 3 aromatic carbocycles. The van der Waals surface area contributed by atoms with Crippen molar-refractivity contribution in [2.45, 2.75) is 19.3 Å². The first-order valence-corrected chi connectivity index (χ1v) is 11.4. The molecule has 1 aliphatic rings. The number of carbonyl (C=O) groups excluding carboxylic acids is 1. The highest BCUT2D eigenvalue weighted by Crippen LogP contribution is 2.38. The van der Waals surface area contributed by atoms with E-state index in [1.54, 1.807) is 16.8 Å². The number of nitrogens with zero attached hydrogens (tertiary/aromatic N) is 2. The normalized spacial score (nSPS) is 12.6. The fourth-order valence-electron chi connectivity index (χ4n) is 4.14. The van der Waals surface area contributed by atoms with E-state index in [1.807, 2.05) is 54.6 Å². The van der Waals surface area contributed by atoms with Gasteiger partial charge in [-0.05, 0) is 67.3 Å². The van der Waals surface area contributed by atoms with Crippen LogP contribution in [0.5, 0.6) is 0 Å². The molecule has 0 bridgehead atoms. The number of hydrogen-bond acceptors (Lipinski definition) is 2. The Hall–Kier alpha value is -2.79. The van der Waals surface area contributed by atoms with Crippen molar-refractivity contribution in [3.05, 3.63) is 98.6 Å². The molecular formula is C25H18Cl3N3O. The standard InChI is InChI=1S/C25H18Cl3N3O/c26-16-9-11-19-15(13-16)5-4-8-20-23(25(32)29-18-6-2-1-3-7-18)30-31(24(19)20)22-12-10-17(27)14-21(22)28/h1-3,6-7,9-14H,4-5,8H2,(H,29,32). The third-order valence-corrected chi connectivity index (χ3v) is 6.34. The van der Waals surface area contributed by atoms with Crippen molar-refractivity contribution in [3.63, 3.8) is 0 Å². The fraction of sp³-hybridized carbons (Fsp3) is 0.120. The lowest BCUT2D eigenvalue weighted by atomic mass is 10.0. The number of para-hydroxylation sites is 1. The topological polar surface area (TPSA) is 46.9 Å². The molecule has 1 N–H and O–H groups in total. The van der Waals surface area contributed by atoms with Crippen LogP contribution in [0.25, 0.3) is 16.9 Å². The van der Waals surface area contributed by atoms with Gasteiger partial charge in [-0.1, -0.05) is 59.1 Å². The lowest BCUT2D eigenvalue weighted by Crippen LogP contribution is -2.15. The van der Waals surface area contributed by atoms with Crippen LogP contribution in [0, 0.1) is 0 Å². The number of aryl methyl sites for hydroxylation is 1. The van der Waals surface area contributed by atoms with Crippen LogP contribution in [0.3, 0.4) is 0 Å². The molecule has 4 aromatic rings. The SMILES string of the molecule is O=C(Nc1ccccc1)c1nn(-c2ccc(Cl)cc2Cl)c2c1CCCc1cc(Cl)ccc1-2. The Morgan fingerprint density at radius 3 is 2.44 bits per heavy atom. The summed E-state index contributed by atoms with van der Waals surface area (Å²) in [7, 11) is 0. The smallest absolute Gasteiger partial charge is 0.276 e. The Morgan fingerprint density at radius 2 is 1.66 bits per heavy atom. The van der Waals surface area contributed by atoms with Crippen LogP contribution in [0.15, 0.2) is 66.7 Å². The van der Waals surface area contributed by atoms with Gasteiger partial charge in [-0.2, -0.15) is 5.10 Å². The second-order valence-electron chi connectivity index (χ2n) is 7.66. The third kappa shape index (κ3) is 3.90. The lowest BCUT2D eigenvalue weighted by Gasteiger charge is -2.13. The van der Waals surface area contributed by atoms with Crippen LogP contribution in [0.4, 0.5) is 5.69 Å². The summed E-state index contributed by atoms with van der Waals surface area (Å²) in [5, 5.41) is 9.39. The van der Waals surface area contributed by atoms with Crippen molar-refractivity contribution in [2.75, 3.05) is 5.32 Å². The first kappa shape index (κ1) is 21.1. The third-order valence-electron chi connectivity index (χ3n) is 5.56. The number of rotatable bonds is 3. The monoisotopic (exact) mass is 481 g/mol. The Labute approximate surface area is 200 Å². The molecule has 0 spiro atoms. The molecule has 0 atom stereocenters. The summed E-state index contributed by atoms with van der Waals surface area (Å²) >= 11 is 19.0. The largest absolute Gasteiger partial charge is 0.321 e. The van der Waals surface area contributed by atoms with Crippen molar-refractivity contribution in [3.8, 4) is 16.9 Å². The molecule has 1 aromatic heterocycles. The van der Waals surface area contributed by atoms with E-state index in [-0.39, 0.29) is 5.91 Å². The average Bonchev–Trinajstić information content (AvgIpc) is 3.03. The summed E-state index contributed by atoms with van der Waals surface area (Å²) in [6.45, 7) is 0. The molecule has 0 fully saturated rings. The molecule has 1 amide bonds. The maximum absolute atomic E-state index is 13.3. The van der Waals surface area contributed by atoms with Gasteiger partial charge in [0.25, 0.3) is 5.91 Å². The summed E-state index contributed by atoms with van der Waals surface area (Å²) < 4.78 is 1.76. The predicted molar refractivity (Wildman–Crippen MR) is 130 cm³/mol. The van der Waals surface area contributed by atoms with Crippen molar-refractivity contribution in [2.24, 2.45) is 0 Å².